The van der Waals surface area contributed by atoms with Crippen molar-refractivity contribution in [1.29, 1.82) is 0 Å². The third-order valence-corrected chi connectivity index (χ3v) is 7.82. The fraction of sp³-hybridized carbons (Fsp3) is 0.519. The molecule has 3 fully saturated rings. The Balaban J connectivity index is 1.18. The average molecular weight is 420 g/mol. The second-order valence-electron chi connectivity index (χ2n) is 9.74. The fourth-order valence-electron chi connectivity index (χ4n) is 5.97. The van der Waals surface area contributed by atoms with Crippen LogP contribution in [-0.4, -0.2) is 35.7 Å². The molecule has 3 aliphatic rings. The van der Waals surface area contributed by atoms with E-state index >= 15 is 0 Å². The molecule has 1 N–H and O–H groups in total. The van der Waals surface area contributed by atoms with Gasteiger partial charge in [-0.1, -0.05) is 79.9 Å². The van der Waals surface area contributed by atoms with E-state index in [4.69, 9.17) is 4.74 Å². The number of carbonyl (C=O) groups excluding carboxylic acids is 1. The highest BCUT2D eigenvalue weighted by Crippen LogP contribution is 2.52. The van der Waals surface area contributed by atoms with Crippen molar-refractivity contribution in [2.75, 3.05) is 19.7 Å². The van der Waals surface area contributed by atoms with Crippen LogP contribution in [0.1, 0.15) is 43.2 Å². The van der Waals surface area contributed by atoms with Gasteiger partial charge in [0, 0.05) is 31.5 Å². The molecule has 2 unspecified atom stereocenters. The predicted molar refractivity (Wildman–Crippen MR) is 120 cm³/mol. The molecule has 31 heavy (non-hydrogen) atoms. The molecule has 5 rings (SSSR count). The molecule has 0 radical (unpaired) electrons. The first-order chi connectivity index (χ1) is 15.2. The minimum atomic E-state index is -1.52. The van der Waals surface area contributed by atoms with Gasteiger partial charge >= 0.3 is 5.97 Å². The molecular weight excluding hydrogens is 386 g/mol. The van der Waals surface area contributed by atoms with E-state index in [0.29, 0.717) is 29.9 Å². The monoisotopic (exact) mass is 419 g/mol. The van der Waals surface area contributed by atoms with Gasteiger partial charge in [0.15, 0.2) is 5.60 Å². The molecule has 1 heterocycles. The molecule has 1 saturated heterocycles. The van der Waals surface area contributed by atoms with Crippen molar-refractivity contribution < 1.29 is 14.6 Å². The van der Waals surface area contributed by atoms with Crippen molar-refractivity contribution in [1.82, 2.24) is 4.90 Å². The SMILES string of the molecule is O=C(OCC1[C@H]2CN(Cc3ccccc3)C[C@@H]12)C(O)(c1ccccc1)C1CCCCC1. The van der Waals surface area contributed by atoms with Crippen LogP contribution < -0.4 is 0 Å². The first-order valence-electron chi connectivity index (χ1n) is 11.9. The third-order valence-electron chi connectivity index (χ3n) is 7.82. The van der Waals surface area contributed by atoms with Crippen molar-refractivity contribution in [2.45, 2.75) is 44.2 Å². The Labute approximate surface area is 185 Å². The summed E-state index contributed by atoms with van der Waals surface area (Å²) in [6.07, 6.45) is 5.07. The highest BCUT2D eigenvalue weighted by molar-refractivity contribution is 5.81. The second kappa shape index (κ2) is 8.76. The van der Waals surface area contributed by atoms with Gasteiger partial charge in [0.1, 0.15) is 0 Å². The number of nitrogens with zero attached hydrogens (tertiary/aromatic N) is 1. The van der Waals surface area contributed by atoms with Crippen molar-refractivity contribution >= 4 is 5.97 Å². The first-order valence-corrected chi connectivity index (χ1v) is 11.9. The lowest BCUT2D eigenvalue weighted by atomic mass is 9.73. The van der Waals surface area contributed by atoms with E-state index in [0.717, 1.165) is 45.3 Å². The highest BCUT2D eigenvalue weighted by atomic mass is 16.6. The van der Waals surface area contributed by atoms with Crippen LogP contribution in [-0.2, 0) is 21.7 Å². The smallest absolute Gasteiger partial charge is 0.343 e. The van der Waals surface area contributed by atoms with Crippen LogP contribution in [0.4, 0.5) is 0 Å². The lowest BCUT2D eigenvalue weighted by Gasteiger charge is -2.36. The number of aliphatic hydroxyl groups is 1. The average Bonchev–Trinajstić information content (AvgIpc) is 3.29. The molecule has 4 nitrogen and oxygen atoms in total. The predicted octanol–water partition coefficient (Wildman–Crippen LogP) is 4.38. The number of piperidine rings is 1. The summed E-state index contributed by atoms with van der Waals surface area (Å²) < 4.78 is 5.82. The fourth-order valence-corrected chi connectivity index (χ4v) is 5.97. The second-order valence-corrected chi connectivity index (χ2v) is 9.74. The summed E-state index contributed by atoms with van der Waals surface area (Å²) in [7, 11) is 0. The largest absolute Gasteiger partial charge is 0.463 e. The van der Waals surface area contributed by atoms with Crippen molar-refractivity contribution in [3.05, 3.63) is 71.8 Å². The number of hydrogen-bond acceptors (Lipinski definition) is 4. The third kappa shape index (κ3) is 4.16. The van der Waals surface area contributed by atoms with Gasteiger partial charge in [-0.3, -0.25) is 4.90 Å². The molecule has 1 aliphatic heterocycles. The van der Waals surface area contributed by atoms with E-state index < -0.39 is 11.6 Å². The first kappa shape index (κ1) is 20.7. The van der Waals surface area contributed by atoms with E-state index in [9.17, 15) is 9.90 Å². The number of ether oxygens (including phenoxy) is 1. The molecule has 4 atom stereocenters. The van der Waals surface area contributed by atoms with Crippen LogP contribution in [0.3, 0.4) is 0 Å². The van der Waals surface area contributed by atoms with Gasteiger partial charge < -0.3 is 9.84 Å². The van der Waals surface area contributed by atoms with Crippen molar-refractivity contribution in [3.63, 3.8) is 0 Å². The van der Waals surface area contributed by atoms with Crippen LogP contribution in [0.5, 0.6) is 0 Å². The Morgan fingerprint density at radius 3 is 2.19 bits per heavy atom. The molecule has 164 valence electrons. The Hall–Kier alpha value is -2.17. The number of hydrogen-bond donors (Lipinski definition) is 1. The van der Waals surface area contributed by atoms with E-state index in [2.05, 4.69) is 35.2 Å². The Morgan fingerprint density at radius 1 is 0.935 bits per heavy atom. The topological polar surface area (TPSA) is 49.8 Å². The summed E-state index contributed by atoms with van der Waals surface area (Å²) >= 11 is 0. The maximum Gasteiger partial charge on any atom is 0.343 e. The quantitative estimate of drug-likeness (QED) is 0.677. The number of likely N-dealkylation sites (tertiary alicyclic amines) is 1. The summed E-state index contributed by atoms with van der Waals surface area (Å²) in [5.41, 5.74) is 0.509. The molecule has 0 aromatic heterocycles. The minimum absolute atomic E-state index is 0.0591. The van der Waals surface area contributed by atoms with Gasteiger partial charge in [-0.05, 0) is 35.8 Å². The standard InChI is InChI=1S/C27H33NO3/c29-26(27(30,21-12-6-2-7-13-21)22-14-8-3-9-15-22)31-19-25-23-17-28(18-24(23)25)16-20-10-4-1-5-11-20/h1-2,4-7,10-13,22-25,30H,3,8-9,14-19H2/t23-,24+,25?,27?. The van der Waals surface area contributed by atoms with E-state index in [-0.39, 0.29) is 5.92 Å². The molecule has 0 bridgehead atoms. The summed E-state index contributed by atoms with van der Waals surface area (Å²) in [5.74, 6) is 1.18. The van der Waals surface area contributed by atoms with E-state index in [1.807, 2.05) is 30.3 Å². The molecule has 2 saturated carbocycles. The van der Waals surface area contributed by atoms with Gasteiger partial charge in [0.25, 0.3) is 0 Å². The van der Waals surface area contributed by atoms with Crippen LogP contribution in [0.2, 0.25) is 0 Å². The molecular formula is C27H33NO3. The zero-order chi connectivity index (χ0) is 21.3. The van der Waals surface area contributed by atoms with Crippen molar-refractivity contribution in [2.24, 2.45) is 23.7 Å². The summed E-state index contributed by atoms with van der Waals surface area (Å²) in [5, 5.41) is 11.6. The summed E-state index contributed by atoms with van der Waals surface area (Å²) in [4.78, 5) is 15.7. The normalized spacial score (nSPS) is 28.0. The molecule has 0 amide bonds. The minimum Gasteiger partial charge on any atom is -0.463 e. The zero-order valence-corrected chi connectivity index (χ0v) is 18.2. The number of benzene rings is 2. The molecule has 2 aliphatic carbocycles. The van der Waals surface area contributed by atoms with Crippen molar-refractivity contribution in [3.8, 4) is 0 Å². The van der Waals surface area contributed by atoms with Gasteiger partial charge in [0.2, 0.25) is 0 Å². The molecule has 2 aromatic rings. The Kier molecular flexibility index (Phi) is 5.85. The maximum absolute atomic E-state index is 13.2. The Bertz CT molecular complexity index is 868. The van der Waals surface area contributed by atoms with Gasteiger partial charge in [-0.25, -0.2) is 4.79 Å². The van der Waals surface area contributed by atoms with Crippen LogP contribution in [0.25, 0.3) is 0 Å². The van der Waals surface area contributed by atoms with Crippen LogP contribution >= 0.6 is 0 Å². The van der Waals surface area contributed by atoms with E-state index in [1.54, 1.807) is 0 Å². The zero-order valence-electron chi connectivity index (χ0n) is 18.2. The lowest BCUT2D eigenvalue weighted by Crippen LogP contribution is -2.45. The lowest BCUT2D eigenvalue weighted by molar-refractivity contribution is -0.176. The maximum atomic E-state index is 13.2. The summed E-state index contributed by atoms with van der Waals surface area (Å²) in [6.45, 7) is 3.59. The van der Waals surface area contributed by atoms with Gasteiger partial charge in [-0.2, -0.15) is 0 Å². The Morgan fingerprint density at radius 2 is 1.55 bits per heavy atom. The van der Waals surface area contributed by atoms with E-state index in [1.165, 1.54) is 12.0 Å². The van der Waals surface area contributed by atoms with Gasteiger partial charge in [-0.15, -0.1) is 0 Å². The molecule has 2 aromatic carbocycles. The summed E-state index contributed by atoms with van der Waals surface area (Å²) in [6, 6.07) is 20.0. The highest BCUT2D eigenvalue weighted by Gasteiger charge is 2.56. The van der Waals surface area contributed by atoms with Crippen LogP contribution in [0, 0.1) is 23.7 Å². The molecule has 0 spiro atoms. The van der Waals surface area contributed by atoms with Gasteiger partial charge in [0.05, 0.1) is 6.61 Å². The molecule has 4 heteroatoms. The van der Waals surface area contributed by atoms with Crippen LogP contribution in [0.15, 0.2) is 60.7 Å². The number of rotatable bonds is 7. The number of fused-ring (bicyclic) bond motifs is 1. The number of esters is 1. The number of carbonyl (C=O) groups is 1.